The van der Waals surface area contributed by atoms with Crippen LogP contribution in [0.25, 0.3) is 0 Å². The van der Waals surface area contributed by atoms with Crippen LogP contribution in [0.1, 0.15) is 25.3 Å². The molecule has 5 nitrogen and oxygen atoms in total. The van der Waals surface area contributed by atoms with Gasteiger partial charge in [0.15, 0.2) is 0 Å². The lowest BCUT2D eigenvalue weighted by atomic mass is 9.70. The molecule has 1 fully saturated rings. The molecule has 0 saturated carbocycles. The highest BCUT2D eigenvalue weighted by atomic mass is 16.4. The average molecular weight is 275 g/mol. The highest BCUT2D eigenvalue weighted by molar-refractivity contribution is 6.31. The fourth-order valence-corrected chi connectivity index (χ4v) is 2.83. The van der Waals surface area contributed by atoms with Gasteiger partial charge in [0, 0.05) is 13.1 Å². The summed E-state index contributed by atoms with van der Waals surface area (Å²) in [5.41, 5.74) is 0.339. The van der Waals surface area contributed by atoms with Crippen LogP contribution in [0, 0.1) is 0 Å². The van der Waals surface area contributed by atoms with Crippen molar-refractivity contribution < 1.29 is 19.5 Å². The van der Waals surface area contributed by atoms with Gasteiger partial charge >= 0.3 is 11.9 Å². The molecule has 5 heteroatoms. The lowest BCUT2D eigenvalue weighted by molar-refractivity contribution is -0.157. The molecule has 0 aromatic heterocycles. The van der Waals surface area contributed by atoms with Crippen molar-refractivity contribution in [1.29, 1.82) is 0 Å². The van der Waals surface area contributed by atoms with Crippen LogP contribution in [-0.4, -0.2) is 40.8 Å². The third kappa shape index (κ3) is 2.43. The minimum absolute atomic E-state index is 0.0612. The zero-order chi connectivity index (χ0) is 14.8. The number of carboxylic acids is 1. The van der Waals surface area contributed by atoms with E-state index in [2.05, 4.69) is 0 Å². The molecule has 0 atom stereocenters. The van der Waals surface area contributed by atoms with Crippen molar-refractivity contribution in [3.8, 4) is 0 Å². The molecule has 20 heavy (non-hydrogen) atoms. The summed E-state index contributed by atoms with van der Waals surface area (Å²) in [6.45, 7) is 2.14. The first kappa shape index (κ1) is 14.2. The van der Waals surface area contributed by atoms with Gasteiger partial charge in [-0.25, -0.2) is 4.79 Å². The van der Waals surface area contributed by atoms with E-state index < -0.39 is 17.3 Å². The molecule has 1 heterocycles. The number of likely N-dealkylation sites (tertiary alicyclic amines) is 1. The monoisotopic (exact) mass is 275 g/mol. The van der Waals surface area contributed by atoms with Crippen LogP contribution in [0.4, 0.5) is 0 Å². The molecular weight excluding hydrogens is 258 g/mol. The molecular formula is C15H17NO4. The Labute approximate surface area is 117 Å². The zero-order valence-electron chi connectivity index (χ0n) is 11.3. The lowest BCUT2D eigenvalue weighted by Crippen LogP contribution is -2.50. The molecule has 1 saturated heterocycles. The number of ketones is 1. The Hall–Kier alpha value is -2.17. The van der Waals surface area contributed by atoms with Crippen molar-refractivity contribution in [2.75, 3.05) is 13.1 Å². The summed E-state index contributed by atoms with van der Waals surface area (Å²) in [5, 5.41) is 8.73. The van der Waals surface area contributed by atoms with Crippen LogP contribution in [0.5, 0.6) is 0 Å². The van der Waals surface area contributed by atoms with Gasteiger partial charge in [-0.15, -0.1) is 0 Å². The summed E-state index contributed by atoms with van der Waals surface area (Å²) in [6, 6.07) is 9.48. The summed E-state index contributed by atoms with van der Waals surface area (Å²) in [7, 11) is 0. The highest BCUT2D eigenvalue weighted by Gasteiger charge is 2.41. The van der Waals surface area contributed by atoms with Crippen LogP contribution >= 0.6 is 0 Å². The summed E-state index contributed by atoms with van der Waals surface area (Å²) in [6.07, 6.45) is 0.927. The Kier molecular flexibility index (Phi) is 3.88. The van der Waals surface area contributed by atoms with Crippen molar-refractivity contribution in [2.24, 2.45) is 0 Å². The molecule has 1 aliphatic heterocycles. The van der Waals surface area contributed by atoms with Crippen molar-refractivity contribution >= 4 is 17.7 Å². The Balaban J connectivity index is 2.22. The average Bonchev–Trinajstić information content (AvgIpc) is 2.47. The number of aliphatic carboxylic acids is 1. The Bertz CT molecular complexity index is 530. The van der Waals surface area contributed by atoms with Crippen molar-refractivity contribution in [2.45, 2.75) is 25.2 Å². The molecule has 0 bridgehead atoms. The first-order valence-corrected chi connectivity index (χ1v) is 6.56. The summed E-state index contributed by atoms with van der Waals surface area (Å²) >= 11 is 0. The number of carbonyl (C=O) groups excluding carboxylic acids is 2. The first-order chi connectivity index (χ1) is 9.47. The second-order valence-corrected chi connectivity index (χ2v) is 5.10. The maximum Gasteiger partial charge on any atom is 0.394 e. The standard InChI is InChI=1S/C15H17NO4/c1-11(17)15(12-5-3-2-4-6-12)7-9-16(10-8-15)13(18)14(19)20/h2-6H,7-10H2,1H3,(H,19,20). The minimum Gasteiger partial charge on any atom is -0.474 e. The molecule has 0 aliphatic carbocycles. The molecule has 1 N–H and O–H groups in total. The molecule has 1 aromatic rings. The van der Waals surface area contributed by atoms with Gasteiger partial charge in [-0.05, 0) is 25.3 Å². The van der Waals surface area contributed by atoms with Crippen LogP contribution in [-0.2, 0) is 19.8 Å². The van der Waals surface area contributed by atoms with Gasteiger partial charge in [-0.2, -0.15) is 0 Å². The van der Waals surface area contributed by atoms with Gasteiger partial charge < -0.3 is 10.0 Å². The van der Waals surface area contributed by atoms with E-state index in [-0.39, 0.29) is 5.78 Å². The fraction of sp³-hybridized carbons (Fsp3) is 0.400. The van der Waals surface area contributed by atoms with Crippen LogP contribution in [0.2, 0.25) is 0 Å². The van der Waals surface area contributed by atoms with Gasteiger partial charge in [0.2, 0.25) is 0 Å². The molecule has 1 aliphatic rings. The van der Waals surface area contributed by atoms with E-state index in [1.54, 1.807) is 6.92 Å². The number of benzene rings is 1. The largest absolute Gasteiger partial charge is 0.474 e. The van der Waals surface area contributed by atoms with Gasteiger partial charge in [-0.3, -0.25) is 9.59 Å². The lowest BCUT2D eigenvalue weighted by Gasteiger charge is -2.40. The zero-order valence-corrected chi connectivity index (χ0v) is 11.3. The second kappa shape index (κ2) is 5.45. The number of carboxylic acid groups (broad SMARTS) is 1. The summed E-state index contributed by atoms with van der Waals surface area (Å²) in [5.74, 6) is -2.28. The van der Waals surface area contributed by atoms with E-state index >= 15 is 0 Å². The van der Waals surface area contributed by atoms with Gasteiger partial charge in [0.25, 0.3) is 0 Å². The van der Waals surface area contributed by atoms with Crippen LogP contribution in [0.3, 0.4) is 0 Å². The van der Waals surface area contributed by atoms with Crippen molar-refractivity contribution in [1.82, 2.24) is 4.90 Å². The number of hydrogen-bond donors (Lipinski definition) is 1. The predicted molar refractivity (Wildman–Crippen MR) is 72.3 cm³/mol. The van der Waals surface area contributed by atoms with Crippen molar-refractivity contribution in [3.63, 3.8) is 0 Å². The van der Waals surface area contributed by atoms with Crippen molar-refractivity contribution in [3.05, 3.63) is 35.9 Å². The second-order valence-electron chi connectivity index (χ2n) is 5.10. The van der Waals surface area contributed by atoms with Gasteiger partial charge in [0.1, 0.15) is 5.78 Å². The molecule has 1 aromatic carbocycles. The number of rotatable bonds is 2. The van der Waals surface area contributed by atoms with E-state index in [4.69, 9.17) is 5.11 Å². The molecule has 0 radical (unpaired) electrons. The molecule has 106 valence electrons. The minimum atomic E-state index is -1.44. The number of Topliss-reactive ketones (excluding diaryl/α,β-unsaturated/α-hetero) is 1. The SMILES string of the molecule is CC(=O)C1(c2ccccc2)CCN(C(=O)C(=O)O)CC1. The Morgan fingerprint density at radius 2 is 1.65 bits per heavy atom. The maximum atomic E-state index is 12.1. The normalized spacial score (nSPS) is 17.6. The number of carbonyl (C=O) groups is 3. The topological polar surface area (TPSA) is 74.7 Å². The smallest absolute Gasteiger partial charge is 0.394 e. The van der Waals surface area contributed by atoms with E-state index in [9.17, 15) is 14.4 Å². The van der Waals surface area contributed by atoms with E-state index in [1.165, 1.54) is 4.90 Å². The molecule has 1 amide bonds. The molecule has 0 spiro atoms. The van der Waals surface area contributed by atoms with E-state index in [0.717, 1.165) is 5.56 Å². The third-order valence-corrected chi connectivity index (χ3v) is 4.09. The Morgan fingerprint density at radius 1 is 1.10 bits per heavy atom. The van der Waals surface area contributed by atoms with Crippen LogP contribution in [0.15, 0.2) is 30.3 Å². The Morgan fingerprint density at radius 3 is 2.10 bits per heavy atom. The van der Waals surface area contributed by atoms with E-state index in [1.807, 2.05) is 30.3 Å². The number of piperidine rings is 1. The highest BCUT2D eigenvalue weighted by Crippen LogP contribution is 2.36. The molecule has 0 unspecified atom stereocenters. The van der Waals surface area contributed by atoms with Crippen LogP contribution < -0.4 is 0 Å². The number of nitrogens with zero attached hydrogens (tertiary/aromatic N) is 1. The van der Waals surface area contributed by atoms with Gasteiger partial charge in [-0.1, -0.05) is 30.3 Å². The molecule has 2 rings (SSSR count). The summed E-state index contributed by atoms with van der Waals surface area (Å²) < 4.78 is 0. The third-order valence-electron chi connectivity index (χ3n) is 4.09. The van der Waals surface area contributed by atoms with E-state index in [0.29, 0.717) is 25.9 Å². The van der Waals surface area contributed by atoms with Gasteiger partial charge in [0.05, 0.1) is 5.41 Å². The maximum absolute atomic E-state index is 12.1. The fourth-order valence-electron chi connectivity index (χ4n) is 2.83. The first-order valence-electron chi connectivity index (χ1n) is 6.56. The quantitative estimate of drug-likeness (QED) is 0.823. The number of amides is 1. The predicted octanol–water partition coefficient (Wildman–Crippen LogP) is 1.22. The summed E-state index contributed by atoms with van der Waals surface area (Å²) in [4.78, 5) is 35.6. The number of hydrogen-bond acceptors (Lipinski definition) is 3.